The number of hydrogen-bond acceptors (Lipinski definition) is 4. The van der Waals surface area contributed by atoms with Crippen molar-refractivity contribution in [2.75, 3.05) is 44.2 Å². The van der Waals surface area contributed by atoms with E-state index in [4.69, 9.17) is 4.74 Å². The average molecular weight is 457 g/mol. The van der Waals surface area contributed by atoms with Crippen molar-refractivity contribution in [2.45, 2.75) is 70.4 Å². The second kappa shape index (κ2) is 10.8. The molecule has 3 amide bonds. The highest BCUT2D eigenvalue weighted by atomic mass is 16.5. The molecule has 2 N–H and O–H groups in total. The third-order valence-electron chi connectivity index (χ3n) is 7.35. The Morgan fingerprint density at radius 3 is 2.76 bits per heavy atom. The number of nitrogens with zero attached hydrogens (tertiary/aromatic N) is 2. The minimum Gasteiger partial charge on any atom is -0.375 e. The smallest absolute Gasteiger partial charge is 0.317 e. The minimum atomic E-state index is -0.171. The number of carbonyl (C=O) groups is 2. The Kier molecular flexibility index (Phi) is 7.78. The Morgan fingerprint density at radius 2 is 1.97 bits per heavy atom. The third kappa shape index (κ3) is 6.19. The standard InChI is InChI=1S/C26H40N4O3/c1-20(2)28-25(32)30-14-10-26(11-15-30)19-21(9-17-33-26)18-24(31)27-12-16-29-13-5-7-22-6-3-4-8-23(22)29/h3-4,6,8,20-21H,5,7,9-19H2,1-2H3,(H,27,31)(H,28,32). The number of hydrogen-bond donors (Lipinski definition) is 2. The first kappa shape index (κ1) is 23.9. The average Bonchev–Trinajstić information content (AvgIpc) is 2.79. The number of anilines is 1. The molecule has 33 heavy (non-hydrogen) atoms. The molecule has 0 aromatic heterocycles. The van der Waals surface area contributed by atoms with E-state index in [0.717, 1.165) is 58.3 Å². The van der Waals surface area contributed by atoms with Gasteiger partial charge in [-0.15, -0.1) is 0 Å². The monoisotopic (exact) mass is 456 g/mol. The van der Waals surface area contributed by atoms with Crippen molar-refractivity contribution >= 4 is 17.6 Å². The summed E-state index contributed by atoms with van der Waals surface area (Å²) in [5, 5.41) is 6.13. The predicted molar refractivity (Wildman–Crippen MR) is 130 cm³/mol. The molecule has 3 aliphatic rings. The normalized spacial score (nSPS) is 22.2. The highest BCUT2D eigenvalue weighted by Crippen LogP contribution is 2.38. The number of amides is 3. The van der Waals surface area contributed by atoms with Crippen LogP contribution in [0.3, 0.4) is 0 Å². The molecule has 1 atom stereocenters. The largest absolute Gasteiger partial charge is 0.375 e. The Balaban J connectivity index is 1.20. The first-order valence-electron chi connectivity index (χ1n) is 12.7. The fourth-order valence-electron chi connectivity index (χ4n) is 5.62. The molecule has 0 saturated carbocycles. The minimum absolute atomic E-state index is 0.0166. The van der Waals surface area contributed by atoms with E-state index in [1.54, 1.807) is 0 Å². The maximum Gasteiger partial charge on any atom is 0.317 e. The van der Waals surface area contributed by atoms with E-state index in [1.165, 1.54) is 17.7 Å². The van der Waals surface area contributed by atoms with E-state index in [2.05, 4.69) is 39.8 Å². The van der Waals surface area contributed by atoms with Crippen LogP contribution < -0.4 is 15.5 Å². The molecule has 3 heterocycles. The molecule has 1 unspecified atom stereocenters. The molecule has 1 aromatic rings. The number of fused-ring (bicyclic) bond motifs is 1. The highest BCUT2D eigenvalue weighted by molar-refractivity contribution is 5.76. The number of nitrogens with one attached hydrogen (secondary N) is 2. The molecular weight excluding hydrogens is 416 g/mol. The number of rotatable bonds is 6. The molecule has 3 aliphatic heterocycles. The Bertz CT molecular complexity index is 820. The van der Waals surface area contributed by atoms with Gasteiger partial charge >= 0.3 is 6.03 Å². The third-order valence-corrected chi connectivity index (χ3v) is 7.35. The van der Waals surface area contributed by atoms with Gasteiger partial charge in [0.1, 0.15) is 0 Å². The number of para-hydroxylation sites is 1. The second-order valence-corrected chi connectivity index (χ2v) is 10.3. The molecule has 7 heteroatoms. The molecule has 2 fully saturated rings. The van der Waals surface area contributed by atoms with E-state index < -0.39 is 0 Å². The van der Waals surface area contributed by atoms with Crippen LogP contribution in [-0.2, 0) is 16.0 Å². The molecule has 2 saturated heterocycles. The number of benzene rings is 1. The lowest BCUT2D eigenvalue weighted by atomic mass is 9.78. The quantitative estimate of drug-likeness (QED) is 0.689. The fraction of sp³-hybridized carbons (Fsp3) is 0.692. The van der Waals surface area contributed by atoms with Gasteiger partial charge in [0.25, 0.3) is 0 Å². The summed E-state index contributed by atoms with van der Waals surface area (Å²) < 4.78 is 6.22. The topological polar surface area (TPSA) is 73.9 Å². The number of carbonyl (C=O) groups excluding carboxylic acids is 2. The molecule has 182 valence electrons. The van der Waals surface area contributed by atoms with Crippen LogP contribution in [0.5, 0.6) is 0 Å². The second-order valence-electron chi connectivity index (χ2n) is 10.3. The van der Waals surface area contributed by atoms with E-state index in [0.29, 0.717) is 25.5 Å². The molecule has 1 aromatic carbocycles. The highest BCUT2D eigenvalue weighted by Gasteiger charge is 2.41. The van der Waals surface area contributed by atoms with Crippen LogP contribution in [0.2, 0.25) is 0 Å². The summed E-state index contributed by atoms with van der Waals surface area (Å²) in [7, 11) is 0. The molecule has 0 bridgehead atoms. The first-order valence-corrected chi connectivity index (χ1v) is 12.7. The summed E-state index contributed by atoms with van der Waals surface area (Å²) in [4.78, 5) is 29.3. The van der Waals surface area contributed by atoms with Gasteiger partial charge in [-0.05, 0) is 69.9 Å². The van der Waals surface area contributed by atoms with E-state index in [-0.39, 0.29) is 23.6 Å². The summed E-state index contributed by atoms with van der Waals surface area (Å²) in [6.45, 7) is 8.70. The lowest BCUT2D eigenvalue weighted by Crippen LogP contribution is -2.53. The van der Waals surface area contributed by atoms with Crippen LogP contribution in [0.25, 0.3) is 0 Å². The van der Waals surface area contributed by atoms with Gasteiger partial charge in [-0.2, -0.15) is 0 Å². The maximum atomic E-state index is 12.7. The molecule has 7 nitrogen and oxygen atoms in total. The molecular formula is C26H40N4O3. The lowest BCUT2D eigenvalue weighted by Gasteiger charge is -2.46. The predicted octanol–water partition coefficient (Wildman–Crippen LogP) is 3.32. The van der Waals surface area contributed by atoms with E-state index >= 15 is 0 Å². The van der Waals surface area contributed by atoms with Crippen molar-refractivity contribution in [2.24, 2.45) is 5.92 Å². The van der Waals surface area contributed by atoms with Crippen LogP contribution in [0.15, 0.2) is 24.3 Å². The molecule has 0 aliphatic carbocycles. The van der Waals surface area contributed by atoms with Crippen LogP contribution in [-0.4, -0.2) is 67.8 Å². The van der Waals surface area contributed by atoms with Gasteiger partial charge in [-0.1, -0.05) is 18.2 Å². The van der Waals surface area contributed by atoms with Crippen LogP contribution in [0, 0.1) is 5.92 Å². The van der Waals surface area contributed by atoms with Crippen LogP contribution in [0.1, 0.15) is 57.9 Å². The molecule has 4 rings (SSSR count). The zero-order chi connectivity index (χ0) is 23.3. The summed E-state index contributed by atoms with van der Waals surface area (Å²) in [6.07, 6.45) is 6.44. The van der Waals surface area contributed by atoms with Crippen LogP contribution >= 0.6 is 0 Å². The zero-order valence-corrected chi connectivity index (χ0v) is 20.3. The Morgan fingerprint density at radius 1 is 1.18 bits per heavy atom. The number of urea groups is 1. The number of ether oxygens (including phenoxy) is 1. The van der Waals surface area contributed by atoms with E-state index in [1.807, 2.05) is 18.7 Å². The van der Waals surface area contributed by atoms with Crippen molar-refractivity contribution in [1.29, 1.82) is 0 Å². The van der Waals surface area contributed by atoms with Crippen molar-refractivity contribution in [3.05, 3.63) is 29.8 Å². The summed E-state index contributed by atoms with van der Waals surface area (Å²) in [5.41, 5.74) is 2.56. The zero-order valence-electron chi connectivity index (χ0n) is 20.3. The molecule has 1 spiro atoms. The van der Waals surface area contributed by atoms with Crippen molar-refractivity contribution in [1.82, 2.24) is 15.5 Å². The Hall–Kier alpha value is -2.28. The SMILES string of the molecule is CC(C)NC(=O)N1CCC2(CC1)CC(CC(=O)NCCN1CCCc3ccccc31)CCO2. The van der Waals surface area contributed by atoms with Gasteiger partial charge in [-0.25, -0.2) is 4.79 Å². The number of piperidine rings is 1. The van der Waals surface area contributed by atoms with Gasteiger partial charge in [-0.3, -0.25) is 4.79 Å². The van der Waals surface area contributed by atoms with E-state index in [9.17, 15) is 9.59 Å². The fourth-order valence-corrected chi connectivity index (χ4v) is 5.62. The van der Waals surface area contributed by atoms with Gasteiger partial charge in [0.15, 0.2) is 0 Å². The molecule has 0 radical (unpaired) electrons. The van der Waals surface area contributed by atoms with Crippen molar-refractivity contribution in [3.63, 3.8) is 0 Å². The first-order chi connectivity index (χ1) is 15.9. The maximum absolute atomic E-state index is 12.7. The lowest BCUT2D eigenvalue weighted by molar-refractivity contribution is -0.133. The number of aryl methyl sites for hydroxylation is 1. The Labute approximate surface area is 198 Å². The van der Waals surface area contributed by atoms with Gasteiger partial charge in [0.05, 0.1) is 5.60 Å². The van der Waals surface area contributed by atoms with Crippen molar-refractivity contribution in [3.8, 4) is 0 Å². The summed E-state index contributed by atoms with van der Waals surface area (Å²) >= 11 is 0. The van der Waals surface area contributed by atoms with Gasteiger partial charge in [0.2, 0.25) is 5.91 Å². The summed E-state index contributed by atoms with van der Waals surface area (Å²) in [6, 6.07) is 8.76. The summed E-state index contributed by atoms with van der Waals surface area (Å²) in [5.74, 6) is 0.501. The number of likely N-dealkylation sites (tertiary alicyclic amines) is 1. The van der Waals surface area contributed by atoms with Gasteiger partial charge < -0.3 is 25.2 Å². The van der Waals surface area contributed by atoms with Gasteiger partial charge in [0, 0.05) is 57.5 Å². The van der Waals surface area contributed by atoms with Crippen LogP contribution in [0.4, 0.5) is 10.5 Å². The van der Waals surface area contributed by atoms with Crippen molar-refractivity contribution < 1.29 is 14.3 Å².